The summed E-state index contributed by atoms with van der Waals surface area (Å²) in [6.45, 7) is 0.880. The van der Waals surface area contributed by atoms with Crippen LogP contribution in [0.15, 0.2) is 30.3 Å². The predicted octanol–water partition coefficient (Wildman–Crippen LogP) is 2.93. The molecule has 0 heterocycles. The van der Waals surface area contributed by atoms with E-state index >= 15 is 0 Å². The van der Waals surface area contributed by atoms with Gasteiger partial charge in [-0.3, -0.25) is 4.79 Å². The van der Waals surface area contributed by atoms with Gasteiger partial charge in [0.1, 0.15) is 0 Å². The number of hydrogen-bond acceptors (Lipinski definition) is 2. The second kappa shape index (κ2) is 6.41. The summed E-state index contributed by atoms with van der Waals surface area (Å²) >= 11 is 0. The topological polar surface area (TPSA) is 46.3 Å². The van der Waals surface area contributed by atoms with Crippen molar-refractivity contribution in [3.63, 3.8) is 0 Å². The highest BCUT2D eigenvalue weighted by molar-refractivity contribution is 5.91. The van der Waals surface area contributed by atoms with E-state index in [1.165, 1.54) is 25.7 Å². The number of carbonyl (C=O) groups is 1. The first-order chi connectivity index (χ1) is 9.15. The fourth-order valence-electron chi connectivity index (χ4n) is 2.57. The standard InChI is InChI=1S/C16H22N2O/c1-18(12-14-4-2-3-5-14)16(19)11-8-13-6-9-15(17)10-7-13/h6-11,14H,2-5,12,17H2,1H3/b11-8+. The SMILES string of the molecule is CN(CC1CCCC1)C(=O)/C=C/c1ccc(N)cc1. The van der Waals surface area contributed by atoms with E-state index in [4.69, 9.17) is 5.73 Å². The number of hydrogen-bond donors (Lipinski definition) is 1. The van der Waals surface area contributed by atoms with Crippen molar-refractivity contribution in [3.05, 3.63) is 35.9 Å². The van der Waals surface area contributed by atoms with Crippen LogP contribution in [0.3, 0.4) is 0 Å². The van der Waals surface area contributed by atoms with Crippen LogP contribution in [-0.4, -0.2) is 24.4 Å². The highest BCUT2D eigenvalue weighted by atomic mass is 16.2. The summed E-state index contributed by atoms with van der Waals surface area (Å²) in [4.78, 5) is 13.8. The summed E-state index contributed by atoms with van der Waals surface area (Å²) < 4.78 is 0. The normalized spacial score (nSPS) is 16.1. The molecule has 0 atom stereocenters. The van der Waals surface area contributed by atoms with Crippen molar-refractivity contribution in [2.24, 2.45) is 5.92 Å². The minimum Gasteiger partial charge on any atom is -0.399 e. The molecule has 1 aliphatic rings. The van der Waals surface area contributed by atoms with Crippen LogP contribution >= 0.6 is 0 Å². The number of likely N-dealkylation sites (N-methyl/N-ethyl adjacent to an activating group) is 1. The van der Waals surface area contributed by atoms with Crippen LogP contribution in [-0.2, 0) is 4.79 Å². The lowest BCUT2D eigenvalue weighted by Gasteiger charge is -2.19. The molecule has 0 spiro atoms. The van der Waals surface area contributed by atoms with Crippen molar-refractivity contribution in [2.45, 2.75) is 25.7 Å². The summed E-state index contributed by atoms with van der Waals surface area (Å²) in [5.41, 5.74) is 7.36. The Balaban J connectivity index is 1.86. The van der Waals surface area contributed by atoms with Gasteiger partial charge in [0.05, 0.1) is 0 Å². The third-order valence-corrected chi connectivity index (χ3v) is 3.74. The summed E-state index contributed by atoms with van der Waals surface area (Å²) in [5, 5.41) is 0. The van der Waals surface area contributed by atoms with Gasteiger partial charge in [-0.2, -0.15) is 0 Å². The molecule has 0 unspecified atom stereocenters. The first-order valence-corrected chi connectivity index (χ1v) is 6.94. The molecule has 2 rings (SSSR count). The molecular formula is C16H22N2O. The quantitative estimate of drug-likeness (QED) is 0.666. The van der Waals surface area contributed by atoms with Gasteiger partial charge in [0.25, 0.3) is 0 Å². The van der Waals surface area contributed by atoms with E-state index in [0.29, 0.717) is 5.92 Å². The number of benzene rings is 1. The Morgan fingerprint density at radius 3 is 2.58 bits per heavy atom. The predicted molar refractivity (Wildman–Crippen MR) is 79.5 cm³/mol. The zero-order valence-electron chi connectivity index (χ0n) is 11.5. The molecule has 1 saturated carbocycles. The highest BCUT2D eigenvalue weighted by Crippen LogP contribution is 2.25. The van der Waals surface area contributed by atoms with Crippen LogP contribution in [0.2, 0.25) is 0 Å². The first-order valence-electron chi connectivity index (χ1n) is 6.94. The number of amides is 1. The van der Waals surface area contributed by atoms with E-state index < -0.39 is 0 Å². The Hall–Kier alpha value is -1.77. The van der Waals surface area contributed by atoms with Gasteiger partial charge < -0.3 is 10.6 Å². The Labute approximate surface area is 115 Å². The van der Waals surface area contributed by atoms with Crippen molar-refractivity contribution in [2.75, 3.05) is 19.3 Å². The van der Waals surface area contributed by atoms with Crippen LogP contribution < -0.4 is 5.73 Å². The number of nitrogens with zero attached hydrogens (tertiary/aromatic N) is 1. The lowest BCUT2D eigenvalue weighted by Crippen LogP contribution is -2.29. The van der Waals surface area contributed by atoms with Gasteiger partial charge in [-0.05, 0) is 42.5 Å². The number of nitrogen functional groups attached to an aromatic ring is 1. The number of anilines is 1. The molecular weight excluding hydrogens is 236 g/mol. The van der Waals surface area contributed by atoms with Crippen LogP contribution in [0, 0.1) is 5.92 Å². The largest absolute Gasteiger partial charge is 0.399 e. The molecule has 3 nitrogen and oxygen atoms in total. The van der Waals surface area contributed by atoms with Gasteiger partial charge in [0, 0.05) is 25.4 Å². The van der Waals surface area contributed by atoms with Crippen molar-refractivity contribution in [1.29, 1.82) is 0 Å². The molecule has 2 N–H and O–H groups in total. The molecule has 0 aromatic heterocycles. The maximum atomic E-state index is 12.0. The average molecular weight is 258 g/mol. The Kier molecular flexibility index (Phi) is 4.61. The van der Waals surface area contributed by atoms with Gasteiger partial charge in [-0.1, -0.05) is 25.0 Å². The number of nitrogens with two attached hydrogens (primary N) is 1. The Bertz CT molecular complexity index is 444. The van der Waals surface area contributed by atoms with E-state index in [1.807, 2.05) is 42.3 Å². The highest BCUT2D eigenvalue weighted by Gasteiger charge is 2.18. The van der Waals surface area contributed by atoms with Crippen molar-refractivity contribution < 1.29 is 4.79 Å². The smallest absolute Gasteiger partial charge is 0.246 e. The number of rotatable bonds is 4. The molecule has 1 aromatic rings. The molecule has 0 aliphatic heterocycles. The van der Waals surface area contributed by atoms with Crippen molar-refractivity contribution in [1.82, 2.24) is 4.90 Å². The van der Waals surface area contributed by atoms with Gasteiger partial charge in [-0.25, -0.2) is 0 Å². The third-order valence-electron chi connectivity index (χ3n) is 3.74. The molecule has 0 radical (unpaired) electrons. The van der Waals surface area contributed by atoms with Crippen LogP contribution in [0.25, 0.3) is 6.08 Å². The maximum absolute atomic E-state index is 12.0. The minimum absolute atomic E-state index is 0.0729. The van der Waals surface area contributed by atoms with Crippen LogP contribution in [0.1, 0.15) is 31.2 Å². The molecule has 19 heavy (non-hydrogen) atoms. The molecule has 1 fully saturated rings. The summed E-state index contributed by atoms with van der Waals surface area (Å²) in [7, 11) is 1.88. The van der Waals surface area contributed by atoms with Gasteiger partial charge in [0.2, 0.25) is 5.91 Å². The van der Waals surface area contributed by atoms with E-state index in [0.717, 1.165) is 17.8 Å². The fourth-order valence-corrected chi connectivity index (χ4v) is 2.57. The second-order valence-electron chi connectivity index (χ2n) is 5.37. The lowest BCUT2D eigenvalue weighted by atomic mass is 10.1. The van der Waals surface area contributed by atoms with E-state index in [2.05, 4.69) is 0 Å². The first kappa shape index (κ1) is 13.7. The van der Waals surface area contributed by atoms with Gasteiger partial charge in [-0.15, -0.1) is 0 Å². The monoisotopic (exact) mass is 258 g/mol. The maximum Gasteiger partial charge on any atom is 0.246 e. The third kappa shape index (κ3) is 4.12. The Morgan fingerprint density at radius 1 is 1.32 bits per heavy atom. The molecule has 1 amide bonds. The zero-order chi connectivity index (χ0) is 13.7. The van der Waals surface area contributed by atoms with E-state index in [9.17, 15) is 4.79 Å². The van der Waals surface area contributed by atoms with Crippen LogP contribution in [0.4, 0.5) is 5.69 Å². The molecule has 102 valence electrons. The fraction of sp³-hybridized carbons (Fsp3) is 0.438. The molecule has 0 bridgehead atoms. The molecule has 3 heteroatoms. The van der Waals surface area contributed by atoms with Crippen molar-refractivity contribution in [3.8, 4) is 0 Å². The van der Waals surface area contributed by atoms with E-state index in [-0.39, 0.29) is 5.91 Å². The lowest BCUT2D eigenvalue weighted by molar-refractivity contribution is -0.125. The van der Waals surface area contributed by atoms with Gasteiger partial charge >= 0.3 is 0 Å². The summed E-state index contributed by atoms with van der Waals surface area (Å²) in [5.74, 6) is 0.766. The summed E-state index contributed by atoms with van der Waals surface area (Å²) in [6.07, 6.45) is 8.63. The van der Waals surface area contributed by atoms with Crippen LogP contribution in [0.5, 0.6) is 0 Å². The number of carbonyl (C=O) groups excluding carboxylic acids is 1. The second-order valence-corrected chi connectivity index (χ2v) is 5.37. The minimum atomic E-state index is 0.0729. The van der Waals surface area contributed by atoms with E-state index in [1.54, 1.807) is 6.08 Å². The molecule has 0 saturated heterocycles. The average Bonchev–Trinajstić information content (AvgIpc) is 2.90. The molecule has 1 aliphatic carbocycles. The summed E-state index contributed by atoms with van der Waals surface area (Å²) in [6, 6.07) is 7.50. The van der Waals surface area contributed by atoms with Gasteiger partial charge in [0.15, 0.2) is 0 Å². The molecule has 1 aromatic carbocycles. The zero-order valence-corrected chi connectivity index (χ0v) is 11.5. The Morgan fingerprint density at radius 2 is 1.95 bits per heavy atom. The van der Waals surface area contributed by atoms with Crippen molar-refractivity contribution >= 4 is 17.7 Å².